The first-order valence-corrected chi connectivity index (χ1v) is 6.29. The summed E-state index contributed by atoms with van der Waals surface area (Å²) in [5.74, 6) is 0.420. The van der Waals surface area contributed by atoms with E-state index in [1.54, 1.807) is 13.0 Å². The van der Waals surface area contributed by atoms with Crippen molar-refractivity contribution in [3.63, 3.8) is 0 Å². The Labute approximate surface area is 115 Å². The lowest BCUT2D eigenvalue weighted by Crippen LogP contribution is -2.45. The van der Waals surface area contributed by atoms with Crippen molar-refractivity contribution in [2.75, 3.05) is 13.1 Å². The lowest BCUT2D eigenvalue weighted by atomic mass is 9.94. The number of piperidine rings is 1. The standard InChI is InChI=1S/C14H21FN2.ClH/c1-10-3-4-12(7-13(10)15)9-17-6-5-14(16)11(2)8-17;/h3-4,7,11,14H,5-6,8-9,16H2,1-2H3;1H. The SMILES string of the molecule is Cc1ccc(CN2CCC(N)C(C)C2)cc1F.Cl. The van der Waals surface area contributed by atoms with Gasteiger partial charge in [-0.2, -0.15) is 0 Å². The fourth-order valence-corrected chi connectivity index (χ4v) is 2.39. The second-order valence-corrected chi connectivity index (χ2v) is 5.25. The van der Waals surface area contributed by atoms with Gasteiger partial charge >= 0.3 is 0 Å². The first-order chi connectivity index (χ1) is 8.06. The highest BCUT2D eigenvalue weighted by Gasteiger charge is 2.22. The van der Waals surface area contributed by atoms with E-state index in [1.807, 2.05) is 12.1 Å². The molecule has 1 heterocycles. The van der Waals surface area contributed by atoms with Gasteiger partial charge in [-0.05, 0) is 43.0 Å². The zero-order chi connectivity index (χ0) is 12.4. The van der Waals surface area contributed by atoms with E-state index >= 15 is 0 Å². The predicted octanol–water partition coefficient (Wildman–Crippen LogP) is 2.73. The maximum atomic E-state index is 13.4. The number of likely N-dealkylation sites (tertiary alicyclic amines) is 1. The fourth-order valence-electron chi connectivity index (χ4n) is 2.39. The molecule has 1 aliphatic heterocycles. The third-order valence-electron chi connectivity index (χ3n) is 3.70. The number of halogens is 2. The molecular weight excluding hydrogens is 251 g/mol. The molecule has 0 spiro atoms. The van der Waals surface area contributed by atoms with E-state index in [0.717, 1.165) is 31.6 Å². The molecule has 2 N–H and O–H groups in total. The van der Waals surface area contributed by atoms with Crippen molar-refractivity contribution in [1.29, 1.82) is 0 Å². The minimum Gasteiger partial charge on any atom is -0.327 e. The van der Waals surface area contributed by atoms with E-state index in [2.05, 4.69) is 11.8 Å². The van der Waals surface area contributed by atoms with E-state index < -0.39 is 0 Å². The van der Waals surface area contributed by atoms with E-state index in [4.69, 9.17) is 5.73 Å². The monoisotopic (exact) mass is 272 g/mol. The summed E-state index contributed by atoms with van der Waals surface area (Å²) < 4.78 is 13.4. The Morgan fingerprint density at radius 2 is 2.17 bits per heavy atom. The Morgan fingerprint density at radius 1 is 1.44 bits per heavy atom. The van der Waals surface area contributed by atoms with Gasteiger partial charge in [0.25, 0.3) is 0 Å². The Balaban J connectivity index is 0.00000162. The van der Waals surface area contributed by atoms with Crippen LogP contribution in [0.2, 0.25) is 0 Å². The molecule has 2 unspecified atom stereocenters. The van der Waals surface area contributed by atoms with Gasteiger partial charge in [-0.1, -0.05) is 19.1 Å². The largest absolute Gasteiger partial charge is 0.327 e. The van der Waals surface area contributed by atoms with Crippen LogP contribution in [0.25, 0.3) is 0 Å². The van der Waals surface area contributed by atoms with Gasteiger partial charge in [-0.25, -0.2) is 4.39 Å². The van der Waals surface area contributed by atoms with Crippen LogP contribution in [0.1, 0.15) is 24.5 Å². The van der Waals surface area contributed by atoms with Gasteiger partial charge < -0.3 is 5.73 Å². The normalized spacial score (nSPS) is 24.7. The van der Waals surface area contributed by atoms with Crippen LogP contribution >= 0.6 is 12.4 Å². The average Bonchev–Trinajstić information content (AvgIpc) is 2.29. The molecule has 0 saturated carbocycles. The van der Waals surface area contributed by atoms with Crippen LogP contribution in [-0.2, 0) is 6.54 Å². The summed E-state index contributed by atoms with van der Waals surface area (Å²) in [6, 6.07) is 5.83. The molecule has 1 aromatic carbocycles. The van der Waals surface area contributed by atoms with Gasteiger partial charge in [0.15, 0.2) is 0 Å². The van der Waals surface area contributed by atoms with Crippen molar-refractivity contribution >= 4 is 12.4 Å². The number of hydrogen-bond donors (Lipinski definition) is 1. The van der Waals surface area contributed by atoms with Crippen LogP contribution < -0.4 is 5.73 Å². The highest BCUT2D eigenvalue weighted by molar-refractivity contribution is 5.85. The Kier molecular flexibility index (Phi) is 5.57. The number of nitrogens with zero attached hydrogens (tertiary/aromatic N) is 1. The predicted molar refractivity (Wildman–Crippen MR) is 75.4 cm³/mol. The van der Waals surface area contributed by atoms with Crippen molar-refractivity contribution in [1.82, 2.24) is 4.90 Å². The molecule has 18 heavy (non-hydrogen) atoms. The van der Waals surface area contributed by atoms with Crippen LogP contribution in [0.5, 0.6) is 0 Å². The first-order valence-electron chi connectivity index (χ1n) is 6.29. The summed E-state index contributed by atoms with van der Waals surface area (Å²) in [4.78, 5) is 2.36. The lowest BCUT2D eigenvalue weighted by Gasteiger charge is -2.35. The summed E-state index contributed by atoms with van der Waals surface area (Å²) in [5.41, 5.74) is 7.75. The molecule has 0 bridgehead atoms. The van der Waals surface area contributed by atoms with Gasteiger partial charge in [-0.3, -0.25) is 4.90 Å². The van der Waals surface area contributed by atoms with Crippen LogP contribution in [0.3, 0.4) is 0 Å². The van der Waals surface area contributed by atoms with Crippen molar-refractivity contribution in [3.8, 4) is 0 Å². The molecule has 4 heteroatoms. The van der Waals surface area contributed by atoms with E-state index in [-0.39, 0.29) is 18.2 Å². The zero-order valence-electron chi connectivity index (χ0n) is 11.0. The van der Waals surface area contributed by atoms with E-state index in [1.165, 1.54) is 0 Å². The minimum atomic E-state index is -0.107. The molecule has 2 rings (SSSR count). The van der Waals surface area contributed by atoms with Gasteiger partial charge in [0, 0.05) is 19.1 Å². The van der Waals surface area contributed by atoms with Gasteiger partial charge in [0.1, 0.15) is 5.82 Å². The number of aryl methyl sites for hydroxylation is 1. The van der Waals surface area contributed by atoms with E-state index in [9.17, 15) is 4.39 Å². The topological polar surface area (TPSA) is 29.3 Å². The number of benzene rings is 1. The molecule has 0 amide bonds. The average molecular weight is 273 g/mol. The first kappa shape index (κ1) is 15.4. The summed E-state index contributed by atoms with van der Waals surface area (Å²) >= 11 is 0. The quantitative estimate of drug-likeness (QED) is 0.897. The number of rotatable bonds is 2. The van der Waals surface area contributed by atoms with E-state index in [0.29, 0.717) is 17.5 Å². The van der Waals surface area contributed by atoms with Crippen LogP contribution in [0, 0.1) is 18.7 Å². The molecule has 1 saturated heterocycles. The molecule has 1 aliphatic rings. The summed E-state index contributed by atoms with van der Waals surface area (Å²) in [7, 11) is 0. The van der Waals surface area contributed by atoms with Crippen molar-refractivity contribution in [2.24, 2.45) is 11.7 Å². The Bertz CT molecular complexity index is 397. The molecule has 1 fully saturated rings. The zero-order valence-corrected chi connectivity index (χ0v) is 11.8. The third kappa shape index (κ3) is 3.67. The smallest absolute Gasteiger partial charge is 0.126 e. The fraction of sp³-hybridized carbons (Fsp3) is 0.571. The van der Waals surface area contributed by atoms with Crippen LogP contribution in [0.4, 0.5) is 4.39 Å². The highest BCUT2D eigenvalue weighted by Crippen LogP contribution is 2.18. The lowest BCUT2D eigenvalue weighted by molar-refractivity contribution is 0.157. The molecular formula is C14H22ClFN2. The summed E-state index contributed by atoms with van der Waals surface area (Å²) in [6.45, 7) is 6.83. The van der Waals surface area contributed by atoms with Crippen LogP contribution in [-0.4, -0.2) is 24.0 Å². The maximum Gasteiger partial charge on any atom is 0.126 e. The summed E-state index contributed by atoms with van der Waals surface area (Å²) in [6.07, 6.45) is 1.04. The Morgan fingerprint density at radius 3 is 2.78 bits per heavy atom. The van der Waals surface area contributed by atoms with Gasteiger partial charge in [0.2, 0.25) is 0 Å². The number of hydrogen-bond acceptors (Lipinski definition) is 2. The molecule has 1 aromatic rings. The second-order valence-electron chi connectivity index (χ2n) is 5.25. The minimum absolute atomic E-state index is 0. The molecule has 0 aromatic heterocycles. The second kappa shape index (κ2) is 6.50. The van der Waals surface area contributed by atoms with Gasteiger partial charge in [-0.15, -0.1) is 12.4 Å². The van der Waals surface area contributed by atoms with Crippen molar-refractivity contribution in [2.45, 2.75) is 32.9 Å². The summed E-state index contributed by atoms with van der Waals surface area (Å²) in [5, 5.41) is 0. The Hall–Kier alpha value is -0.640. The van der Waals surface area contributed by atoms with Crippen LogP contribution in [0.15, 0.2) is 18.2 Å². The molecule has 2 atom stereocenters. The highest BCUT2D eigenvalue weighted by atomic mass is 35.5. The molecule has 0 radical (unpaired) electrons. The van der Waals surface area contributed by atoms with Crippen molar-refractivity contribution in [3.05, 3.63) is 35.1 Å². The molecule has 102 valence electrons. The third-order valence-corrected chi connectivity index (χ3v) is 3.70. The van der Waals surface area contributed by atoms with Crippen molar-refractivity contribution < 1.29 is 4.39 Å². The molecule has 2 nitrogen and oxygen atoms in total. The number of nitrogens with two attached hydrogens (primary N) is 1. The molecule has 0 aliphatic carbocycles. The maximum absolute atomic E-state index is 13.4. The van der Waals surface area contributed by atoms with Gasteiger partial charge in [0.05, 0.1) is 0 Å².